The Balaban J connectivity index is 1.91. The van der Waals surface area contributed by atoms with Crippen molar-refractivity contribution < 1.29 is 5.11 Å². The van der Waals surface area contributed by atoms with Crippen molar-refractivity contribution in [1.82, 2.24) is 14.8 Å². The highest BCUT2D eigenvalue weighted by Gasteiger charge is 2.10. The van der Waals surface area contributed by atoms with Crippen molar-refractivity contribution in [3.63, 3.8) is 0 Å². The minimum absolute atomic E-state index is 0.499. The Bertz CT molecular complexity index is 439. The maximum atomic E-state index is 9.90. The minimum Gasteiger partial charge on any atom is -0.387 e. The number of rotatable bonds is 4. The summed E-state index contributed by atoms with van der Waals surface area (Å²) in [6.07, 6.45) is 6.39. The average Bonchev–Trinajstić information content (AvgIpc) is 2.74. The quantitative estimate of drug-likeness (QED) is 0.844. The van der Waals surface area contributed by atoms with Crippen LogP contribution in [0.15, 0.2) is 36.8 Å². The molecule has 0 saturated heterocycles. The largest absolute Gasteiger partial charge is 0.387 e. The lowest BCUT2D eigenvalue weighted by molar-refractivity contribution is 0.162. The van der Waals surface area contributed by atoms with Crippen LogP contribution in [0, 0.1) is 0 Å². The number of hydrogen-bond acceptors (Lipinski definition) is 3. The van der Waals surface area contributed by atoms with Crippen LogP contribution in [0.5, 0.6) is 0 Å². The van der Waals surface area contributed by atoms with Gasteiger partial charge in [0.2, 0.25) is 0 Å². The van der Waals surface area contributed by atoms with Gasteiger partial charge in [-0.2, -0.15) is 5.10 Å². The Labute approximate surface area is 94.6 Å². The zero-order valence-electron chi connectivity index (χ0n) is 9.24. The van der Waals surface area contributed by atoms with E-state index < -0.39 is 6.10 Å². The van der Waals surface area contributed by atoms with Crippen LogP contribution in [0.4, 0.5) is 0 Å². The summed E-state index contributed by atoms with van der Waals surface area (Å²) < 4.78 is 1.70. The first kappa shape index (κ1) is 10.8. The highest BCUT2D eigenvalue weighted by molar-refractivity contribution is 5.10. The molecule has 1 unspecified atom stereocenters. The summed E-state index contributed by atoms with van der Waals surface area (Å²) in [4.78, 5) is 4.04. The second-order valence-electron chi connectivity index (χ2n) is 3.83. The standard InChI is InChI=1S/C12H15N3O/c1-15-8-6-11(14-15)12(16)5-4-10-3-2-7-13-9-10/h2-3,6-9,12,16H,4-5H2,1H3. The van der Waals surface area contributed by atoms with Gasteiger partial charge in [0.15, 0.2) is 0 Å². The van der Waals surface area contributed by atoms with Gasteiger partial charge < -0.3 is 5.11 Å². The number of aromatic nitrogens is 3. The molecule has 1 N–H and O–H groups in total. The number of aliphatic hydroxyl groups is 1. The normalized spacial score (nSPS) is 12.6. The molecule has 0 spiro atoms. The summed E-state index contributed by atoms with van der Waals surface area (Å²) in [6, 6.07) is 5.76. The fourth-order valence-corrected chi connectivity index (χ4v) is 1.61. The van der Waals surface area contributed by atoms with Gasteiger partial charge in [0.25, 0.3) is 0 Å². The topological polar surface area (TPSA) is 50.9 Å². The van der Waals surface area contributed by atoms with Gasteiger partial charge in [0.1, 0.15) is 0 Å². The fraction of sp³-hybridized carbons (Fsp3) is 0.333. The number of nitrogens with zero attached hydrogens (tertiary/aromatic N) is 3. The van der Waals surface area contributed by atoms with Gasteiger partial charge >= 0.3 is 0 Å². The smallest absolute Gasteiger partial charge is 0.0981 e. The highest BCUT2D eigenvalue weighted by Crippen LogP contribution is 2.16. The lowest BCUT2D eigenvalue weighted by Gasteiger charge is -2.07. The maximum absolute atomic E-state index is 9.90. The van der Waals surface area contributed by atoms with Crippen molar-refractivity contribution in [1.29, 1.82) is 0 Å². The highest BCUT2D eigenvalue weighted by atomic mass is 16.3. The van der Waals surface area contributed by atoms with E-state index in [1.165, 1.54) is 0 Å². The summed E-state index contributed by atoms with van der Waals surface area (Å²) in [5.41, 5.74) is 1.86. The van der Waals surface area contributed by atoms with Crippen LogP contribution in [0.25, 0.3) is 0 Å². The molecule has 2 aromatic heterocycles. The van der Waals surface area contributed by atoms with Gasteiger partial charge in [-0.15, -0.1) is 0 Å². The fourth-order valence-electron chi connectivity index (χ4n) is 1.61. The summed E-state index contributed by atoms with van der Waals surface area (Å²) in [5.74, 6) is 0. The van der Waals surface area contributed by atoms with Gasteiger partial charge in [0.05, 0.1) is 11.8 Å². The van der Waals surface area contributed by atoms with E-state index in [0.29, 0.717) is 6.42 Å². The molecular formula is C12H15N3O. The van der Waals surface area contributed by atoms with E-state index in [9.17, 15) is 5.11 Å². The first-order valence-corrected chi connectivity index (χ1v) is 5.32. The molecule has 0 aliphatic rings. The molecular weight excluding hydrogens is 202 g/mol. The zero-order chi connectivity index (χ0) is 11.4. The van der Waals surface area contributed by atoms with E-state index in [0.717, 1.165) is 17.7 Å². The molecule has 16 heavy (non-hydrogen) atoms. The van der Waals surface area contributed by atoms with E-state index in [4.69, 9.17) is 0 Å². The Kier molecular flexibility index (Phi) is 3.31. The molecule has 0 radical (unpaired) electrons. The lowest BCUT2D eigenvalue weighted by atomic mass is 10.1. The summed E-state index contributed by atoms with van der Waals surface area (Å²) in [7, 11) is 1.84. The van der Waals surface area contributed by atoms with Gasteiger partial charge in [-0.3, -0.25) is 9.67 Å². The van der Waals surface area contributed by atoms with Crippen LogP contribution in [-0.2, 0) is 13.5 Å². The van der Waals surface area contributed by atoms with E-state index in [1.807, 2.05) is 37.6 Å². The molecule has 0 saturated carbocycles. The van der Waals surface area contributed by atoms with Crippen LogP contribution in [0.3, 0.4) is 0 Å². The number of aliphatic hydroxyl groups excluding tert-OH is 1. The van der Waals surface area contributed by atoms with Gasteiger partial charge in [-0.25, -0.2) is 0 Å². The first-order valence-electron chi connectivity index (χ1n) is 5.32. The molecule has 0 bridgehead atoms. The second kappa shape index (κ2) is 4.90. The molecule has 0 fully saturated rings. The third-order valence-electron chi connectivity index (χ3n) is 2.50. The minimum atomic E-state index is -0.499. The molecule has 4 nitrogen and oxygen atoms in total. The third-order valence-corrected chi connectivity index (χ3v) is 2.50. The second-order valence-corrected chi connectivity index (χ2v) is 3.83. The predicted octanol–water partition coefficient (Wildman–Crippen LogP) is 1.48. The Hall–Kier alpha value is -1.68. The molecule has 0 aliphatic carbocycles. The van der Waals surface area contributed by atoms with Crippen molar-refractivity contribution in [2.24, 2.45) is 7.05 Å². The Morgan fingerprint density at radius 1 is 1.44 bits per heavy atom. The number of hydrogen-bond donors (Lipinski definition) is 1. The van der Waals surface area contributed by atoms with E-state index >= 15 is 0 Å². The Morgan fingerprint density at radius 2 is 2.31 bits per heavy atom. The van der Waals surface area contributed by atoms with Crippen molar-refractivity contribution in [3.8, 4) is 0 Å². The molecule has 1 atom stereocenters. The van der Waals surface area contributed by atoms with Crippen molar-refractivity contribution >= 4 is 0 Å². The van der Waals surface area contributed by atoms with Crippen molar-refractivity contribution in [2.75, 3.05) is 0 Å². The molecule has 0 aromatic carbocycles. The Morgan fingerprint density at radius 3 is 2.94 bits per heavy atom. The molecule has 84 valence electrons. The predicted molar refractivity (Wildman–Crippen MR) is 60.7 cm³/mol. The van der Waals surface area contributed by atoms with Gasteiger partial charge in [-0.05, 0) is 30.5 Å². The SMILES string of the molecule is Cn1ccc(C(O)CCc2cccnc2)n1. The summed E-state index contributed by atoms with van der Waals surface area (Å²) in [5, 5.41) is 14.1. The molecule has 0 amide bonds. The van der Waals surface area contributed by atoms with E-state index in [2.05, 4.69) is 10.1 Å². The van der Waals surface area contributed by atoms with Crippen LogP contribution in [0.1, 0.15) is 23.8 Å². The van der Waals surface area contributed by atoms with E-state index in [-0.39, 0.29) is 0 Å². The van der Waals surface area contributed by atoms with Crippen LogP contribution in [-0.4, -0.2) is 19.9 Å². The van der Waals surface area contributed by atoms with Crippen LogP contribution >= 0.6 is 0 Å². The molecule has 4 heteroatoms. The third kappa shape index (κ3) is 2.67. The monoisotopic (exact) mass is 217 g/mol. The van der Waals surface area contributed by atoms with Crippen LogP contribution in [0.2, 0.25) is 0 Å². The van der Waals surface area contributed by atoms with Gasteiger partial charge in [-0.1, -0.05) is 6.07 Å². The summed E-state index contributed by atoms with van der Waals surface area (Å²) >= 11 is 0. The van der Waals surface area contributed by atoms with Crippen molar-refractivity contribution in [3.05, 3.63) is 48.0 Å². The van der Waals surface area contributed by atoms with E-state index in [1.54, 1.807) is 10.9 Å². The lowest BCUT2D eigenvalue weighted by Crippen LogP contribution is -2.01. The average molecular weight is 217 g/mol. The first-order chi connectivity index (χ1) is 7.75. The van der Waals surface area contributed by atoms with Crippen LogP contribution < -0.4 is 0 Å². The molecule has 2 aromatic rings. The number of pyridine rings is 1. The zero-order valence-corrected chi connectivity index (χ0v) is 9.24. The number of aryl methyl sites for hydroxylation is 2. The van der Waals surface area contributed by atoms with Crippen molar-refractivity contribution in [2.45, 2.75) is 18.9 Å². The molecule has 0 aliphatic heterocycles. The molecule has 2 heterocycles. The molecule has 2 rings (SSSR count). The summed E-state index contributed by atoms with van der Waals surface area (Å²) in [6.45, 7) is 0. The van der Waals surface area contributed by atoms with Gasteiger partial charge in [0, 0.05) is 25.6 Å². The maximum Gasteiger partial charge on any atom is 0.0981 e.